The molecule has 0 atom stereocenters. The summed E-state index contributed by atoms with van der Waals surface area (Å²) in [7, 11) is 0. The lowest BCUT2D eigenvalue weighted by Crippen LogP contribution is -1.84. The van der Waals surface area contributed by atoms with Gasteiger partial charge in [0, 0.05) is 6.20 Å². The van der Waals surface area contributed by atoms with Crippen LogP contribution in [0.15, 0.2) is 29.0 Å². The standard InChI is InChI=1S/C7H4BrClN2/c8-7-3-6-2-1-5(9)4-11(6)10-7/h1-4H. The van der Waals surface area contributed by atoms with Crippen LogP contribution in [0.25, 0.3) is 5.52 Å². The highest BCUT2D eigenvalue weighted by Gasteiger charge is 1.97. The molecule has 0 amide bonds. The zero-order valence-corrected chi connectivity index (χ0v) is 7.80. The van der Waals surface area contributed by atoms with Gasteiger partial charge in [0.2, 0.25) is 0 Å². The molecule has 2 nitrogen and oxygen atoms in total. The van der Waals surface area contributed by atoms with Crippen molar-refractivity contribution < 1.29 is 0 Å². The van der Waals surface area contributed by atoms with Crippen LogP contribution in [0.5, 0.6) is 0 Å². The Morgan fingerprint density at radius 1 is 1.45 bits per heavy atom. The largest absolute Gasteiger partial charge is 0.238 e. The fourth-order valence-corrected chi connectivity index (χ4v) is 1.49. The van der Waals surface area contributed by atoms with E-state index in [0.29, 0.717) is 5.02 Å². The average molecular weight is 231 g/mol. The quantitative estimate of drug-likeness (QED) is 0.681. The Morgan fingerprint density at radius 3 is 3.09 bits per heavy atom. The Hall–Kier alpha value is -0.540. The van der Waals surface area contributed by atoms with Gasteiger partial charge in [-0.15, -0.1) is 0 Å². The number of fused-ring (bicyclic) bond motifs is 1. The highest BCUT2D eigenvalue weighted by molar-refractivity contribution is 9.10. The second kappa shape index (κ2) is 2.50. The van der Waals surface area contributed by atoms with Crippen molar-refractivity contribution in [1.82, 2.24) is 9.61 Å². The molecule has 0 unspecified atom stereocenters. The van der Waals surface area contributed by atoms with Crippen LogP contribution in [0.3, 0.4) is 0 Å². The molecule has 2 aromatic heterocycles. The molecule has 0 aliphatic heterocycles. The maximum absolute atomic E-state index is 5.75. The molecule has 0 aromatic carbocycles. The number of rotatable bonds is 0. The van der Waals surface area contributed by atoms with Gasteiger partial charge in [-0.25, -0.2) is 4.52 Å². The number of hydrogen-bond acceptors (Lipinski definition) is 1. The zero-order valence-electron chi connectivity index (χ0n) is 5.46. The van der Waals surface area contributed by atoms with E-state index in [1.165, 1.54) is 0 Å². The first-order valence-electron chi connectivity index (χ1n) is 3.06. The van der Waals surface area contributed by atoms with Crippen LogP contribution >= 0.6 is 27.5 Å². The van der Waals surface area contributed by atoms with Crippen molar-refractivity contribution in [3.8, 4) is 0 Å². The van der Waals surface area contributed by atoms with E-state index in [2.05, 4.69) is 21.0 Å². The Kier molecular flexibility index (Phi) is 1.62. The summed E-state index contributed by atoms with van der Waals surface area (Å²) >= 11 is 9.03. The van der Waals surface area contributed by atoms with Crippen LogP contribution in [0.4, 0.5) is 0 Å². The minimum absolute atomic E-state index is 0.688. The first-order chi connectivity index (χ1) is 5.25. The van der Waals surface area contributed by atoms with Gasteiger partial charge in [0.25, 0.3) is 0 Å². The van der Waals surface area contributed by atoms with Crippen molar-refractivity contribution in [2.24, 2.45) is 0 Å². The van der Waals surface area contributed by atoms with Gasteiger partial charge in [-0.2, -0.15) is 5.10 Å². The summed E-state index contributed by atoms with van der Waals surface area (Å²) in [5.41, 5.74) is 1.03. The molecule has 2 aromatic rings. The number of hydrogen-bond donors (Lipinski definition) is 0. The lowest BCUT2D eigenvalue weighted by atomic mass is 10.4. The van der Waals surface area contributed by atoms with Crippen LogP contribution in [0, 0.1) is 0 Å². The van der Waals surface area contributed by atoms with Gasteiger partial charge in [-0.3, -0.25) is 0 Å². The van der Waals surface area contributed by atoms with Crippen molar-refractivity contribution in [3.63, 3.8) is 0 Å². The van der Waals surface area contributed by atoms with E-state index in [-0.39, 0.29) is 0 Å². The van der Waals surface area contributed by atoms with E-state index in [4.69, 9.17) is 11.6 Å². The molecule has 56 valence electrons. The summed E-state index contributed by atoms with van der Waals surface area (Å²) in [4.78, 5) is 0. The second-order valence-corrected chi connectivity index (χ2v) is 3.43. The summed E-state index contributed by atoms with van der Waals surface area (Å²) in [6, 6.07) is 5.68. The van der Waals surface area contributed by atoms with E-state index < -0.39 is 0 Å². The Labute approximate surface area is 76.9 Å². The van der Waals surface area contributed by atoms with E-state index in [9.17, 15) is 0 Å². The topological polar surface area (TPSA) is 17.3 Å². The number of pyridine rings is 1. The zero-order chi connectivity index (χ0) is 7.84. The van der Waals surface area contributed by atoms with Crippen LogP contribution in [-0.4, -0.2) is 9.61 Å². The molecule has 0 spiro atoms. The number of halogens is 2. The molecule has 2 rings (SSSR count). The highest BCUT2D eigenvalue weighted by atomic mass is 79.9. The normalized spacial score (nSPS) is 10.7. The number of nitrogens with zero attached hydrogens (tertiary/aromatic N) is 2. The SMILES string of the molecule is Clc1ccc2cc(Br)nn2c1. The molecule has 2 heterocycles. The van der Waals surface area contributed by atoms with E-state index in [1.807, 2.05) is 18.2 Å². The third-order valence-electron chi connectivity index (χ3n) is 1.39. The average Bonchev–Trinajstić information content (AvgIpc) is 2.27. The molecule has 0 radical (unpaired) electrons. The predicted octanol–water partition coefficient (Wildman–Crippen LogP) is 2.75. The fraction of sp³-hybridized carbons (Fsp3) is 0. The molecule has 0 saturated carbocycles. The Balaban J connectivity index is 2.82. The minimum Gasteiger partial charge on any atom is -0.238 e. The lowest BCUT2D eigenvalue weighted by molar-refractivity contribution is 0.947. The highest BCUT2D eigenvalue weighted by Crippen LogP contribution is 2.14. The molecular formula is C7H4BrClN2. The molecule has 0 fully saturated rings. The minimum atomic E-state index is 0.688. The van der Waals surface area contributed by atoms with Gasteiger partial charge < -0.3 is 0 Å². The third kappa shape index (κ3) is 1.26. The lowest BCUT2D eigenvalue weighted by Gasteiger charge is -1.91. The maximum Gasteiger partial charge on any atom is 0.129 e. The molecule has 0 aliphatic carbocycles. The fourth-order valence-electron chi connectivity index (χ4n) is 0.930. The number of aromatic nitrogens is 2. The van der Waals surface area contributed by atoms with Gasteiger partial charge >= 0.3 is 0 Å². The maximum atomic E-state index is 5.75. The van der Waals surface area contributed by atoms with E-state index in [0.717, 1.165) is 10.1 Å². The molecule has 4 heteroatoms. The summed E-state index contributed by atoms with van der Waals surface area (Å²) in [6.07, 6.45) is 1.77. The second-order valence-electron chi connectivity index (χ2n) is 2.18. The van der Waals surface area contributed by atoms with Crippen molar-refractivity contribution in [3.05, 3.63) is 34.0 Å². The monoisotopic (exact) mass is 230 g/mol. The molecule has 0 saturated heterocycles. The van der Waals surface area contributed by atoms with Crippen LogP contribution < -0.4 is 0 Å². The van der Waals surface area contributed by atoms with Crippen molar-refractivity contribution in [1.29, 1.82) is 0 Å². The van der Waals surface area contributed by atoms with Crippen molar-refractivity contribution in [2.45, 2.75) is 0 Å². The van der Waals surface area contributed by atoms with Crippen molar-refractivity contribution >= 4 is 33.0 Å². The molecule has 0 bridgehead atoms. The van der Waals surface area contributed by atoms with Crippen molar-refractivity contribution in [2.75, 3.05) is 0 Å². The first kappa shape index (κ1) is 7.13. The smallest absolute Gasteiger partial charge is 0.129 e. The van der Waals surface area contributed by atoms with Crippen LogP contribution in [-0.2, 0) is 0 Å². The van der Waals surface area contributed by atoms with E-state index in [1.54, 1.807) is 10.7 Å². The summed E-state index contributed by atoms with van der Waals surface area (Å²) in [6.45, 7) is 0. The molecular weight excluding hydrogens is 227 g/mol. The first-order valence-corrected chi connectivity index (χ1v) is 4.23. The van der Waals surface area contributed by atoms with Gasteiger partial charge in [0.15, 0.2) is 0 Å². The van der Waals surface area contributed by atoms with Gasteiger partial charge in [-0.1, -0.05) is 11.6 Å². The molecule has 11 heavy (non-hydrogen) atoms. The third-order valence-corrected chi connectivity index (χ3v) is 2.00. The van der Waals surface area contributed by atoms with Crippen LogP contribution in [0.2, 0.25) is 5.02 Å². The van der Waals surface area contributed by atoms with Gasteiger partial charge in [-0.05, 0) is 34.1 Å². The summed E-state index contributed by atoms with van der Waals surface area (Å²) < 4.78 is 2.55. The Bertz CT molecular complexity index is 396. The van der Waals surface area contributed by atoms with Crippen LogP contribution in [0.1, 0.15) is 0 Å². The summed E-state index contributed by atoms with van der Waals surface area (Å²) in [5, 5.41) is 4.81. The molecule has 0 N–H and O–H groups in total. The Morgan fingerprint density at radius 2 is 2.27 bits per heavy atom. The predicted molar refractivity (Wildman–Crippen MR) is 47.9 cm³/mol. The van der Waals surface area contributed by atoms with E-state index >= 15 is 0 Å². The van der Waals surface area contributed by atoms with Gasteiger partial charge in [0.1, 0.15) is 4.60 Å². The molecule has 0 aliphatic rings. The van der Waals surface area contributed by atoms with Gasteiger partial charge in [0.05, 0.1) is 10.5 Å². The summed E-state index contributed by atoms with van der Waals surface area (Å²) in [5.74, 6) is 0.